The van der Waals surface area contributed by atoms with Crippen LogP contribution in [0.25, 0.3) is 0 Å². The fourth-order valence-corrected chi connectivity index (χ4v) is 2.30. The predicted octanol–water partition coefficient (Wildman–Crippen LogP) is 3.53. The standard InChI is InChI=1S/C15H16ClFN2/c1-10-13(3-2-4-14(10)16)15(19-18)9-11-5-7-12(17)8-6-11/h2-8,15,19H,9,18H2,1H3. The zero-order chi connectivity index (χ0) is 13.8. The molecule has 2 nitrogen and oxygen atoms in total. The van der Waals surface area contributed by atoms with Crippen LogP contribution in [0.3, 0.4) is 0 Å². The lowest BCUT2D eigenvalue weighted by atomic mass is 9.96. The van der Waals surface area contributed by atoms with E-state index >= 15 is 0 Å². The lowest BCUT2D eigenvalue weighted by Crippen LogP contribution is -2.30. The lowest BCUT2D eigenvalue weighted by molar-refractivity contribution is 0.548. The van der Waals surface area contributed by atoms with Crippen molar-refractivity contribution < 1.29 is 4.39 Å². The van der Waals surface area contributed by atoms with Crippen LogP contribution in [0, 0.1) is 12.7 Å². The number of hydrogen-bond donors (Lipinski definition) is 2. The Balaban J connectivity index is 2.25. The first-order valence-corrected chi connectivity index (χ1v) is 6.45. The van der Waals surface area contributed by atoms with Gasteiger partial charge in [0.2, 0.25) is 0 Å². The van der Waals surface area contributed by atoms with Gasteiger partial charge in [-0.3, -0.25) is 11.3 Å². The summed E-state index contributed by atoms with van der Waals surface area (Å²) in [5.41, 5.74) is 5.88. The largest absolute Gasteiger partial charge is 0.271 e. The van der Waals surface area contributed by atoms with Gasteiger partial charge >= 0.3 is 0 Å². The Hall–Kier alpha value is -1.42. The van der Waals surface area contributed by atoms with Crippen LogP contribution in [0.15, 0.2) is 42.5 Å². The number of benzene rings is 2. The van der Waals surface area contributed by atoms with Crippen LogP contribution in [-0.4, -0.2) is 0 Å². The molecule has 0 aliphatic carbocycles. The molecule has 100 valence electrons. The quantitative estimate of drug-likeness (QED) is 0.663. The smallest absolute Gasteiger partial charge is 0.123 e. The molecule has 2 aromatic carbocycles. The second-order valence-corrected chi connectivity index (χ2v) is 4.91. The average molecular weight is 279 g/mol. The minimum atomic E-state index is -0.236. The Morgan fingerprint density at radius 1 is 1.21 bits per heavy atom. The maximum absolute atomic E-state index is 12.9. The number of hydrazine groups is 1. The number of rotatable bonds is 4. The number of halogens is 2. The molecule has 0 fully saturated rings. The molecule has 0 amide bonds. The number of nitrogens with two attached hydrogens (primary N) is 1. The summed E-state index contributed by atoms with van der Waals surface area (Å²) in [5.74, 6) is 5.40. The molecule has 0 spiro atoms. The topological polar surface area (TPSA) is 38.0 Å². The van der Waals surface area contributed by atoms with Gasteiger partial charge in [-0.05, 0) is 48.2 Å². The SMILES string of the molecule is Cc1c(Cl)cccc1C(Cc1ccc(F)cc1)NN. The molecular formula is C15H16ClFN2. The summed E-state index contributed by atoms with van der Waals surface area (Å²) in [4.78, 5) is 0. The minimum Gasteiger partial charge on any atom is -0.271 e. The van der Waals surface area contributed by atoms with Crippen molar-refractivity contribution in [2.45, 2.75) is 19.4 Å². The van der Waals surface area contributed by atoms with Gasteiger partial charge in [0.15, 0.2) is 0 Å². The number of hydrogen-bond acceptors (Lipinski definition) is 2. The van der Waals surface area contributed by atoms with Crippen LogP contribution < -0.4 is 11.3 Å². The summed E-state index contributed by atoms with van der Waals surface area (Å²) in [5, 5.41) is 0.719. The van der Waals surface area contributed by atoms with Crippen molar-refractivity contribution in [2.75, 3.05) is 0 Å². The van der Waals surface area contributed by atoms with Gasteiger partial charge in [-0.2, -0.15) is 0 Å². The van der Waals surface area contributed by atoms with Crippen LogP contribution in [0.1, 0.15) is 22.7 Å². The molecule has 1 atom stereocenters. The Morgan fingerprint density at radius 3 is 2.53 bits per heavy atom. The summed E-state index contributed by atoms with van der Waals surface area (Å²) in [6.45, 7) is 1.96. The number of nitrogens with one attached hydrogen (secondary N) is 1. The van der Waals surface area contributed by atoms with E-state index in [2.05, 4.69) is 5.43 Å². The molecule has 2 rings (SSSR count). The Bertz CT molecular complexity index is 555. The molecular weight excluding hydrogens is 263 g/mol. The van der Waals surface area contributed by atoms with Gasteiger partial charge in [0.05, 0.1) is 6.04 Å². The van der Waals surface area contributed by atoms with E-state index in [4.69, 9.17) is 17.4 Å². The summed E-state index contributed by atoms with van der Waals surface area (Å²) in [6, 6.07) is 12.1. The highest BCUT2D eigenvalue weighted by molar-refractivity contribution is 6.31. The molecule has 3 N–H and O–H groups in total. The van der Waals surface area contributed by atoms with Gasteiger partial charge in [-0.1, -0.05) is 35.9 Å². The fraction of sp³-hybridized carbons (Fsp3) is 0.200. The molecule has 0 saturated heterocycles. The minimum absolute atomic E-state index is 0.0517. The Labute approximate surface area is 117 Å². The summed E-state index contributed by atoms with van der Waals surface area (Å²) >= 11 is 6.12. The molecule has 1 unspecified atom stereocenters. The van der Waals surface area contributed by atoms with Crippen molar-refractivity contribution in [1.29, 1.82) is 0 Å². The van der Waals surface area contributed by atoms with Gasteiger partial charge in [0.25, 0.3) is 0 Å². The Morgan fingerprint density at radius 2 is 1.89 bits per heavy atom. The molecule has 0 aliphatic rings. The molecule has 0 bridgehead atoms. The van der Waals surface area contributed by atoms with E-state index < -0.39 is 0 Å². The van der Waals surface area contributed by atoms with Crippen LogP contribution in [0.2, 0.25) is 5.02 Å². The van der Waals surface area contributed by atoms with Crippen molar-refractivity contribution in [3.8, 4) is 0 Å². The van der Waals surface area contributed by atoms with Gasteiger partial charge in [-0.25, -0.2) is 4.39 Å². The van der Waals surface area contributed by atoms with Crippen LogP contribution in [0.5, 0.6) is 0 Å². The highest BCUT2D eigenvalue weighted by atomic mass is 35.5. The predicted molar refractivity (Wildman–Crippen MR) is 76.4 cm³/mol. The van der Waals surface area contributed by atoms with E-state index in [0.29, 0.717) is 6.42 Å². The molecule has 0 radical (unpaired) electrons. The molecule has 0 saturated carbocycles. The van der Waals surface area contributed by atoms with E-state index in [0.717, 1.165) is 21.7 Å². The van der Waals surface area contributed by atoms with E-state index in [1.54, 1.807) is 12.1 Å². The van der Waals surface area contributed by atoms with Gasteiger partial charge in [0.1, 0.15) is 5.82 Å². The highest BCUT2D eigenvalue weighted by Crippen LogP contribution is 2.26. The van der Waals surface area contributed by atoms with Crippen LogP contribution in [0.4, 0.5) is 4.39 Å². The Kier molecular flexibility index (Phi) is 4.53. The molecule has 2 aromatic rings. The van der Waals surface area contributed by atoms with Gasteiger partial charge < -0.3 is 0 Å². The molecule has 4 heteroatoms. The fourth-order valence-electron chi connectivity index (χ4n) is 2.12. The second kappa shape index (κ2) is 6.15. The average Bonchev–Trinajstić information content (AvgIpc) is 2.42. The van der Waals surface area contributed by atoms with Crippen molar-refractivity contribution >= 4 is 11.6 Å². The highest BCUT2D eigenvalue weighted by Gasteiger charge is 2.14. The first-order chi connectivity index (χ1) is 9.11. The molecule has 19 heavy (non-hydrogen) atoms. The summed E-state index contributed by atoms with van der Waals surface area (Å²) < 4.78 is 12.9. The maximum atomic E-state index is 12.9. The zero-order valence-electron chi connectivity index (χ0n) is 10.7. The third-order valence-corrected chi connectivity index (χ3v) is 3.65. The molecule has 0 aromatic heterocycles. The molecule has 0 aliphatic heterocycles. The van der Waals surface area contributed by atoms with Gasteiger partial charge in [0, 0.05) is 5.02 Å². The normalized spacial score (nSPS) is 12.4. The van der Waals surface area contributed by atoms with Crippen LogP contribution >= 0.6 is 11.6 Å². The first kappa shape index (κ1) is 14.0. The van der Waals surface area contributed by atoms with E-state index in [1.807, 2.05) is 25.1 Å². The lowest BCUT2D eigenvalue weighted by Gasteiger charge is -2.19. The molecule has 0 heterocycles. The summed E-state index contributed by atoms with van der Waals surface area (Å²) in [6.07, 6.45) is 0.679. The van der Waals surface area contributed by atoms with E-state index in [-0.39, 0.29) is 11.9 Å². The zero-order valence-corrected chi connectivity index (χ0v) is 11.4. The maximum Gasteiger partial charge on any atom is 0.123 e. The summed E-state index contributed by atoms with van der Waals surface area (Å²) in [7, 11) is 0. The third kappa shape index (κ3) is 3.32. The van der Waals surface area contributed by atoms with Crippen molar-refractivity contribution in [3.05, 3.63) is 70.0 Å². The van der Waals surface area contributed by atoms with Crippen LogP contribution in [-0.2, 0) is 6.42 Å². The van der Waals surface area contributed by atoms with Crippen molar-refractivity contribution in [3.63, 3.8) is 0 Å². The van der Waals surface area contributed by atoms with Crippen molar-refractivity contribution in [1.82, 2.24) is 5.43 Å². The van der Waals surface area contributed by atoms with Gasteiger partial charge in [-0.15, -0.1) is 0 Å². The van der Waals surface area contributed by atoms with E-state index in [1.165, 1.54) is 12.1 Å². The van der Waals surface area contributed by atoms with Crippen molar-refractivity contribution in [2.24, 2.45) is 5.84 Å². The monoisotopic (exact) mass is 278 g/mol. The van der Waals surface area contributed by atoms with E-state index in [9.17, 15) is 4.39 Å². The third-order valence-electron chi connectivity index (χ3n) is 3.24. The first-order valence-electron chi connectivity index (χ1n) is 6.07. The second-order valence-electron chi connectivity index (χ2n) is 4.50.